The topological polar surface area (TPSA) is 12.0 Å². The summed E-state index contributed by atoms with van der Waals surface area (Å²) in [4.78, 5) is 2.80. The molecule has 2 rings (SSSR count). The van der Waals surface area contributed by atoms with Crippen LogP contribution >= 0.6 is 23.1 Å². The van der Waals surface area contributed by atoms with E-state index in [1.54, 1.807) is 0 Å². The van der Waals surface area contributed by atoms with Gasteiger partial charge >= 0.3 is 0 Å². The predicted molar refractivity (Wildman–Crippen MR) is 82.8 cm³/mol. The highest BCUT2D eigenvalue weighted by molar-refractivity contribution is 7.99. The number of hydrogen-bond acceptors (Lipinski definition) is 3. The molecule has 2 aromatic rings. The van der Waals surface area contributed by atoms with Gasteiger partial charge in [0.1, 0.15) is 0 Å². The van der Waals surface area contributed by atoms with Gasteiger partial charge in [0.2, 0.25) is 0 Å². The summed E-state index contributed by atoms with van der Waals surface area (Å²) in [5.74, 6) is 1.07. The molecule has 0 bridgehead atoms. The number of thiophene rings is 1. The predicted octanol–water partition coefficient (Wildman–Crippen LogP) is 4.42. The van der Waals surface area contributed by atoms with E-state index in [1.807, 2.05) is 30.1 Å². The van der Waals surface area contributed by atoms with E-state index in [-0.39, 0.29) is 0 Å². The first kappa shape index (κ1) is 13.7. The molecule has 1 aromatic heterocycles. The van der Waals surface area contributed by atoms with E-state index >= 15 is 0 Å². The number of thioether (sulfide) groups is 1. The van der Waals surface area contributed by atoms with Gasteiger partial charge in [0.05, 0.1) is 6.04 Å². The molecule has 0 spiro atoms. The van der Waals surface area contributed by atoms with E-state index in [0.29, 0.717) is 6.04 Å². The van der Waals surface area contributed by atoms with Gasteiger partial charge in [-0.2, -0.15) is 0 Å². The molecule has 0 aliphatic heterocycles. The summed E-state index contributed by atoms with van der Waals surface area (Å²) in [6, 6.07) is 11.4. The van der Waals surface area contributed by atoms with Crippen LogP contribution < -0.4 is 5.32 Å². The van der Waals surface area contributed by atoms with E-state index < -0.39 is 0 Å². The third-order valence-electron chi connectivity index (χ3n) is 3.00. The molecule has 1 N–H and O–H groups in total. The summed E-state index contributed by atoms with van der Waals surface area (Å²) < 4.78 is 0. The summed E-state index contributed by atoms with van der Waals surface area (Å²) >= 11 is 3.76. The van der Waals surface area contributed by atoms with Crippen molar-refractivity contribution in [2.45, 2.75) is 24.8 Å². The highest BCUT2D eigenvalue weighted by Gasteiger charge is 2.13. The van der Waals surface area contributed by atoms with Crippen molar-refractivity contribution in [3.05, 3.63) is 51.7 Å². The normalized spacial score (nSPS) is 12.6. The quantitative estimate of drug-likeness (QED) is 0.812. The lowest BCUT2D eigenvalue weighted by Gasteiger charge is -2.15. The van der Waals surface area contributed by atoms with Crippen molar-refractivity contribution in [2.24, 2.45) is 0 Å². The van der Waals surface area contributed by atoms with Gasteiger partial charge < -0.3 is 5.32 Å². The lowest BCUT2D eigenvalue weighted by atomic mass is 10.2. The summed E-state index contributed by atoms with van der Waals surface area (Å²) in [5, 5.41) is 5.59. The first-order valence-corrected chi connectivity index (χ1v) is 7.98. The Bertz CT molecular complexity index is 487. The lowest BCUT2D eigenvalue weighted by molar-refractivity contribution is 0.670. The highest BCUT2D eigenvalue weighted by atomic mass is 32.2. The van der Waals surface area contributed by atoms with Gasteiger partial charge in [-0.3, -0.25) is 0 Å². The Morgan fingerprint density at radius 1 is 1.17 bits per heavy atom. The Hall–Kier alpha value is -0.770. The third kappa shape index (κ3) is 3.37. The zero-order valence-corrected chi connectivity index (χ0v) is 12.7. The van der Waals surface area contributed by atoms with Crippen LogP contribution in [-0.2, 0) is 0 Å². The van der Waals surface area contributed by atoms with Gasteiger partial charge in [0, 0.05) is 15.5 Å². The minimum Gasteiger partial charge on any atom is -0.312 e. The van der Waals surface area contributed by atoms with Gasteiger partial charge in [-0.05, 0) is 50.0 Å². The number of hydrogen-bond donors (Lipinski definition) is 1. The molecule has 0 aliphatic carbocycles. The lowest BCUT2D eigenvalue weighted by Crippen LogP contribution is -2.18. The van der Waals surface area contributed by atoms with Crippen LogP contribution in [0.15, 0.2) is 40.6 Å². The molecule has 96 valence electrons. The molecule has 1 aromatic carbocycles. The molecule has 0 saturated heterocycles. The second-order valence-corrected chi connectivity index (χ2v) is 6.47. The third-order valence-corrected chi connectivity index (χ3v) is 5.24. The minimum atomic E-state index is 0.441. The second-order valence-electron chi connectivity index (χ2n) is 4.43. The van der Waals surface area contributed by atoms with Crippen LogP contribution in [0, 0.1) is 13.8 Å². The summed E-state index contributed by atoms with van der Waals surface area (Å²) in [5.41, 5.74) is 2.71. The van der Waals surface area contributed by atoms with E-state index in [4.69, 9.17) is 0 Å². The van der Waals surface area contributed by atoms with Crippen molar-refractivity contribution in [3.63, 3.8) is 0 Å². The van der Waals surface area contributed by atoms with Crippen molar-refractivity contribution in [3.8, 4) is 0 Å². The van der Waals surface area contributed by atoms with E-state index in [2.05, 4.69) is 54.9 Å². The van der Waals surface area contributed by atoms with E-state index in [0.717, 1.165) is 5.75 Å². The Morgan fingerprint density at radius 3 is 2.44 bits per heavy atom. The van der Waals surface area contributed by atoms with Gasteiger partial charge in [-0.15, -0.1) is 23.1 Å². The van der Waals surface area contributed by atoms with Gasteiger partial charge in [0.25, 0.3) is 0 Å². The summed E-state index contributed by atoms with van der Waals surface area (Å²) in [7, 11) is 2.04. The second kappa shape index (κ2) is 6.41. The first-order chi connectivity index (χ1) is 8.70. The fraction of sp³-hybridized carbons (Fsp3) is 0.333. The Kier molecular flexibility index (Phi) is 4.87. The highest BCUT2D eigenvalue weighted by Crippen LogP contribution is 2.29. The molecule has 0 radical (unpaired) electrons. The van der Waals surface area contributed by atoms with E-state index in [9.17, 15) is 0 Å². The van der Waals surface area contributed by atoms with Crippen molar-refractivity contribution in [2.75, 3.05) is 12.8 Å². The van der Waals surface area contributed by atoms with Crippen LogP contribution in [-0.4, -0.2) is 12.8 Å². The minimum absolute atomic E-state index is 0.441. The summed E-state index contributed by atoms with van der Waals surface area (Å²) in [6.45, 7) is 4.31. The molecule has 0 fully saturated rings. The van der Waals surface area contributed by atoms with Crippen LogP contribution in [0.25, 0.3) is 0 Å². The zero-order valence-electron chi connectivity index (χ0n) is 11.1. The largest absolute Gasteiger partial charge is 0.312 e. The molecule has 0 aliphatic rings. The first-order valence-electron chi connectivity index (χ1n) is 6.11. The van der Waals surface area contributed by atoms with Crippen molar-refractivity contribution in [1.29, 1.82) is 0 Å². The maximum atomic E-state index is 3.42. The number of rotatable bonds is 5. The van der Waals surface area contributed by atoms with Crippen LogP contribution in [0.5, 0.6) is 0 Å². The number of nitrogens with one attached hydrogen (secondary N) is 1. The number of benzene rings is 1. The fourth-order valence-corrected chi connectivity index (χ4v) is 4.01. The Morgan fingerprint density at radius 2 is 1.89 bits per heavy atom. The molecule has 18 heavy (non-hydrogen) atoms. The maximum absolute atomic E-state index is 3.42. The number of aryl methyl sites for hydroxylation is 2. The molecule has 1 unspecified atom stereocenters. The molecule has 1 heterocycles. The summed E-state index contributed by atoms with van der Waals surface area (Å²) in [6.07, 6.45) is 0. The van der Waals surface area contributed by atoms with Crippen LogP contribution in [0.2, 0.25) is 0 Å². The van der Waals surface area contributed by atoms with Crippen LogP contribution in [0.4, 0.5) is 0 Å². The Balaban J connectivity index is 2.00. The standard InChI is InChI=1S/C15H19NS2/c1-11-4-6-13(7-5-11)18-10-14(16-3)15-12(2)8-9-17-15/h4-9,14,16H,10H2,1-3H3. The van der Waals surface area contributed by atoms with Crippen molar-refractivity contribution in [1.82, 2.24) is 5.32 Å². The Labute approximate surface area is 118 Å². The van der Waals surface area contributed by atoms with Crippen molar-refractivity contribution < 1.29 is 0 Å². The average Bonchev–Trinajstić information content (AvgIpc) is 2.79. The SMILES string of the molecule is CNC(CSc1ccc(C)cc1)c1sccc1C. The molecule has 0 saturated carbocycles. The van der Waals surface area contributed by atoms with Gasteiger partial charge in [-0.1, -0.05) is 17.7 Å². The molecule has 1 nitrogen and oxygen atoms in total. The van der Waals surface area contributed by atoms with E-state index in [1.165, 1.54) is 20.9 Å². The molecule has 1 atom stereocenters. The van der Waals surface area contributed by atoms with Gasteiger partial charge in [0.15, 0.2) is 0 Å². The smallest absolute Gasteiger partial charge is 0.0510 e. The van der Waals surface area contributed by atoms with Gasteiger partial charge in [-0.25, -0.2) is 0 Å². The molecule has 3 heteroatoms. The fourth-order valence-electron chi connectivity index (χ4n) is 1.85. The maximum Gasteiger partial charge on any atom is 0.0510 e. The monoisotopic (exact) mass is 277 g/mol. The zero-order chi connectivity index (χ0) is 13.0. The molecule has 0 amide bonds. The average molecular weight is 277 g/mol. The van der Waals surface area contributed by atoms with Crippen molar-refractivity contribution >= 4 is 23.1 Å². The van der Waals surface area contributed by atoms with Crippen LogP contribution in [0.1, 0.15) is 22.0 Å². The molecular formula is C15H19NS2. The van der Waals surface area contributed by atoms with Crippen LogP contribution in [0.3, 0.4) is 0 Å². The molecular weight excluding hydrogens is 258 g/mol.